The van der Waals surface area contributed by atoms with E-state index in [1.165, 1.54) is 6.26 Å². The molecule has 1 rings (SSSR count). The third kappa shape index (κ3) is 5.19. The number of sulfone groups is 1. The molecule has 96 valence electrons. The van der Waals surface area contributed by atoms with Crippen LogP contribution in [0.5, 0.6) is 0 Å². The van der Waals surface area contributed by atoms with Crippen LogP contribution in [0.3, 0.4) is 0 Å². The monoisotopic (exact) mass is 320 g/mol. The van der Waals surface area contributed by atoms with E-state index in [4.69, 9.17) is 0 Å². The van der Waals surface area contributed by atoms with Gasteiger partial charge in [0, 0.05) is 16.5 Å². The number of halogens is 1. The first-order valence-electron chi connectivity index (χ1n) is 5.37. The van der Waals surface area contributed by atoms with Gasteiger partial charge >= 0.3 is 0 Å². The van der Waals surface area contributed by atoms with Crippen molar-refractivity contribution in [2.45, 2.75) is 25.4 Å². The second-order valence-electron chi connectivity index (χ2n) is 4.52. The van der Waals surface area contributed by atoms with Gasteiger partial charge < -0.3 is 5.11 Å². The molecule has 0 bridgehead atoms. The highest BCUT2D eigenvalue weighted by molar-refractivity contribution is 9.10. The quantitative estimate of drug-likeness (QED) is 0.906. The molecule has 0 aromatic heterocycles. The van der Waals surface area contributed by atoms with E-state index in [1.54, 1.807) is 6.92 Å². The molecular weight excluding hydrogens is 304 g/mol. The number of benzene rings is 1. The average molecular weight is 321 g/mol. The summed E-state index contributed by atoms with van der Waals surface area (Å²) in [7, 11) is -2.96. The van der Waals surface area contributed by atoms with Crippen LogP contribution in [0.1, 0.15) is 25.3 Å². The van der Waals surface area contributed by atoms with Gasteiger partial charge in [-0.25, -0.2) is 8.42 Å². The Morgan fingerprint density at radius 2 is 2.06 bits per heavy atom. The van der Waals surface area contributed by atoms with Crippen LogP contribution in [-0.2, 0) is 15.4 Å². The van der Waals surface area contributed by atoms with Crippen LogP contribution >= 0.6 is 15.9 Å². The molecule has 0 aliphatic carbocycles. The first-order chi connectivity index (χ1) is 7.71. The predicted molar refractivity (Wildman–Crippen MR) is 72.7 cm³/mol. The molecular formula is C12H17BrO3S. The maximum Gasteiger partial charge on any atom is 0.147 e. The summed E-state index contributed by atoms with van der Waals surface area (Å²) in [6.45, 7) is 1.71. The van der Waals surface area contributed by atoms with E-state index in [0.29, 0.717) is 12.8 Å². The van der Waals surface area contributed by atoms with Crippen LogP contribution in [0.25, 0.3) is 0 Å². The molecule has 3 nitrogen and oxygen atoms in total. The fourth-order valence-electron chi connectivity index (χ4n) is 1.65. The van der Waals surface area contributed by atoms with Gasteiger partial charge in [0.2, 0.25) is 0 Å². The highest BCUT2D eigenvalue weighted by atomic mass is 79.9. The summed E-state index contributed by atoms with van der Waals surface area (Å²) in [6.07, 6.45) is 2.09. The van der Waals surface area contributed by atoms with Gasteiger partial charge in [-0.3, -0.25) is 0 Å². The van der Waals surface area contributed by atoms with Crippen LogP contribution in [0.2, 0.25) is 0 Å². The molecule has 0 aliphatic rings. The van der Waals surface area contributed by atoms with Gasteiger partial charge in [0.25, 0.3) is 0 Å². The molecule has 0 saturated carbocycles. The zero-order chi connectivity index (χ0) is 13.1. The molecule has 17 heavy (non-hydrogen) atoms. The van der Waals surface area contributed by atoms with E-state index >= 15 is 0 Å². The Balaban J connectivity index is 2.69. The summed E-state index contributed by atoms with van der Waals surface area (Å²) >= 11 is 3.35. The summed E-state index contributed by atoms with van der Waals surface area (Å²) in [5.74, 6) is 0.108. The van der Waals surface area contributed by atoms with Crippen molar-refractivity contribution in [1.82, 2.24) is 0 Å². The van der Waals surface area contributed by atoms with E-state index in [9.17, 15) is 13.5 Å². The summed E-state index contributed by atoms with van der Waals surface area (Å²) < 4.78 is 22.9. The third-order valence-electron chi connectivity index (χ3n) is 2.63. The number of aliphatic hydroxyl groups is 1. The minimum absolute atomic E-state index is 0.108. The largest absolute Gasteiger partial charge is 0.385 e. The van der Waals surface area contributed by atoms with Gasteiger partial charge in [-0.15, -0.1) is 0 Å². The van der Waals surface area contributed by atoms with Gasteiger partial charge in [-0.05, 0) is 37.5 Å². The topological polar surface area (TPSA) is 54.4 Å². The highest BCUT2D eigenvalue weighted by Gasteiger charge is 2.23. The lowest BCUT2D eigenvalue weighted by atomic mass is 9.91. The van der Waals surface area contributed by atoms with Gasteiger partial charge in [0.1, 0.15) is 9.84 Å². The Kier molecular flexibility index (Phi) is 4.75. The fraction of sp³-hybridized carbons (Fsp3) is 0.500. The van der Waals surface area contributed by atoms with E-state index < -0.39 is 15.4 Å². The van der Waals surface area contributed by atoms with Crippen molar-refractivity contribution in [1.29, 1.82) is 0 Å². The standard InChI is InChI=1S/C12H17BrO3S/c1-12(14,7-4-8-17(2,15)16)10-5-3-6-11(13)9-10/h3,5-6,9,14H,4,7-8H2,1-2H3. The van der Waals surface area contributed by atoms with Crippen molar-refractivity contribution in [2.24, 2.45) is 0 Å². The van der Waals surface area contributed by atoms with Crippen molar-refractivity contribution in [3.8, 4) is 0 Å². The highest BCUT2D eigenvalue weighted by Crippen LogP contribution is 2.28. The number of hydrogen-bond donors (Lipinski definition) is 1. The Hall–Kier alpha value is -0.390. The van der Waals surface area contributed by atoms with Crippen molar-refractivity contribution < 1.29 is 13.5 Å². The molecule has 5 heteroatoms. The molecule has 1 N–H and O–H groups in total. The van der Waals surface area contributed by atoms with E-state index in [-0.39, 0.29) is 5.75 Å². The van der Waals surface area contributed by atoms with Crippen molar-refractivity contribution in [3.05, 3.63) is 34.3 Å². The van der Waals surface area contributed by atoms with E-state index in [2.05, 4.69) is 15.9 Å². The van der Waals surface area contributed by atoms with Crippen LogP contribution in [0.15, 0.2) is 28.7 Å². The zero-order valence-electron chi connectivity index (χ0n) is 9.98. The molecule has 0 amide bonds. The molecule has 0 fully saturated rings. The summed E-state index contributed by atoms with van der Waals surface area (Å²) in [4.78, 5) is 0. The van der Waals surface area contributed by atoms with Gasteiger partial charge in [-0.1, -0.05) is 28.1 Å². The molecule has 1 atom stereocenters. The third-order valence-corrected chi connectivity index (χ3v) is 4.15. The van der Waals surface area contributed by atoms with E-state index in [0.717, 1.165) is 10.0 Å². The SMILES string of the molecule is CC(O)(CCCS(C)(=O)=O)c1cccc(Br)c1. The van der Waals surface area contributed by atoms with Crippen molar-refractivity contribution in [2.75, 3.05) is 12.0 Å². The second kappa shape index (κ2) is 5.50. The van der Waals surface area contributed by atoms with E-state index in [1.807, 2.05) is 24.3 Å². The number of rotatable bonds is 5. The first kappa shape index (κ1) is 14.7. The predicted octanol–water partition coefficient (Wildman–Crippen LogP) is 2.48. The normalized spacial score (nSPS) is 15.5. The number of hydrogen-bond acceptors (Lipinski definition) is 3. The smallest absolute Gasteiger partial charge is 0.147 e. The summed E-state index contributed by atoms with van der Waals surface area (Å²) in [5, 5.41) is 10.3. The Morgan fingerprint density at radius 1 is 1.41 bits per heavy atom. The maximum atomic E-state index is 11.0. The molecule has 0 saturated heterocycles. The Bertz CT molecular complexity index is 480. The lowest BCUT2D eigenvalue weighted by Gasteiger charge is -2.23. The second-order valence-corrected chi connectivity index (χ2v) is 7.69. The first-order valence-corrected chi connectivity index (χ1v) is 8.22. The maximum absolute atomic E-state index is 11.0. The van der Waals surface area contributed by atoms with Crippen LogP contribution in [0, 0.1) is 0 Å². The molecule has 0 spiro atoms. The van der Waals surface area contributed by atoms with Crippen LogP contribution in [0.4, 0.5) is 0 Å². The summed E-state index contributed by atoms with van der Waals surface area (Å²) in [6, 6.07) is 7.42. The average Bonchev–Trinajstić information content (AvgIpc) is 2.15. The minimum atomic E-state index is -2.96. The van der Waals surface area contributed by atoms with Crippen LogP contribution in [-0.4, -0.2) is 25.5 Å². The minimum Gasteiger partial charge on any atom is -0.385 e. The Labute approximate surface area is 111 Å². The molecule has 0 aliphatic heterocycles. The molecule has 1 aromatic rings. The molecule has 0 radical (unpaired) electrons. The molecule has 1 unspecified atom stereocenters. The van der Waals surface area contributed by atoms with Crippen molar-refractivity contribution >= 4 is 25.8 Å². The van der Waals surface area contributed by atoms with Gasteiger partial charge in [0.15, 0.2) is 0 Å². The Morgan fingerprint density at radius 3 is 2.59 bits per heavy atom. The fourth-order valence-corrected chi connectivity index (χ4v) is 2.71. The summed E-state index contributed by atoms with van der Waals surface area (Å²) in [5.41, 5.74) is -0.200. The van der Waals surface area contributed by atoms with Gasteiger partial charge in [-0.2, -0.15) is 0 Å². The van der Waals surface area contributed by atoms with Crippen molar-refractivity contribution in [3.63, 3.8) is 0 Å². The lowest BCUT2D eigenvalue weighted by molar-refractivity contribution is 0.0471. The zero-order valence-corrected chi connectivity index (χ0v) is 12.4. The van der Waals surface area contributed by atoms with Crippen LogP contribution < -0.4 is 0 Å². The lowest BCUT2D eigenvalue weighted by Crippen LogP contribution is -2.22. The van der Waals surface area contributed by atoms with Gasteiger partial charge in [0.05, 0.1) is 5.60 Å². The molecule has 0 heterocycles. The molecule has 1 aromatic carbocycles.